The number of nitrogens with zero attached hydrogens (tertiary/aromatic N) is 2. The molecule has 6 nitrogen and oxygen atoms in total. The summed E-state index contributed by atoms with van der Waals surface area (Å²) in [6, 6.07) is 9.53. The van der Waals surface area contributed by atoms with Gasteiger partial charge in [0.15, 0.2) is 0 Å². The van der Waals surface area contributed by atoms with E-state index in [9.17, 15) is 4.79 Å². The van der Waals surface area contributed by atoms with Gasteiger partial charge in [0.1, 0.15) is 17.3 Å². The minimum atomic E-state index is -0.0393. The van der Waals surface area contributed by atoms with Crippen molar-refractivity contribution in [3.8, 4) is 11.5 Å². The number of hydrogen-bond acceptors (Lipinski definition) is 5. The molecular formula is C20H25N3O3. The lowest BCUT2D eigenvalue weighted by Gasteiger charge is -2.16. The van der Waals surface area contributed by atoms with Crippen LogP contribution < -0.4 is 19.7 Å². The van der Waals surface area contributed by atoms with Crippen molar-refractivity contribution in [3.05, 3.63) is 42.1 Å². The van der Waals surface area contributed by atoms with Crippen LogP contribution in [0.5, 0.6) is 11.5 Å². The lowest BCUT2D eigenvalue weighted by Crippen LogP contribution is -2.19. The highest BCUT2D eigenvalue weighted by Crippen LogP contribution is 2.23. The molecule has 1 N–H and O–H groups in total. The Hall–Kier alpha value is -2.76. The van der Waals surface area contributed by atoms with Crippen molar-refractivity contribution in [1.82, 2.24) is 4.98 Å². The molecule has 0 radical (unpaired) electrons. The number of anilines is 2. The number of ether oxygens (including phenoxy) is 2. The summed E-state index contributed by atoms with van der Waals surface area (Å²) in [6.07, 6.45) is 5.15. The van der Waals surface area contributed by atoms with Crippen LogP contribution in [-0.4, -0.2) is 38.2 Å². The summed E-state index contributed by atoms with van der Waals surface area (Å²) in [6.45, 7) is 2.12. The number of benzene rings is 1. The summed E-state index contributed by atoms with van der Waals surface area (Å²) in [7, 11) is 3.23. The molecule has 1 saturated heterocycles. The minimum absolute atomic E-state index is 0.0393. The van der Waals surface area contributed by atoms with Gasteiger partial charge < -0.3 is 19.7 Å². The third kappa shape index (κ3) is 4.65. The fraction of sp³-hybridized carbons (Fsp3) is 0.400. The molecule has 26 heavy (non-hydrogen) atoms. The quantitative estimate of drug-likeness (QED) is 0.826. The van der Waals surface area contributed by atoms with Crippen LogP contribution in [0.25, 0.3) is 0 Å². The molecular weight excluding hydrogens is 330 g/mol. The maximum absolute atomic E-state index is 12.2. The molecule has 138 valence electrons. The van der Waals surface area contributed by atoms with Crippen LogP contribution in [0, 0.1) is 0 Å². The zero-order chi connectivity index (χ0) is 18.4. The number of nitrogens with one attached hydrogen (secondary N) is 1. The summed E-state index contributed by atoms with van der Waals surface area (Å²) >= 11 is 0. The number of aryl methyl sites for hydroxylation is 1. The summed E-state index contributed by atoms with van der Waals surface area (Å²) < 4.78 is 10.5. The Bertz CT molecular complexity index is 718. The number of aromatic nitrogens is 1. The van der Waals surface area contributed by atoms with Gasteiger partial charge in [0, 0.05) is 25.6 Å². The zero-order valence-electron chi connectivity index (χ0n) is 15.3. The molecule has 0 spiro atoms. The SMILES string of the molecule is COc1cc(CCC(=O)Nc2ccc(N3CCCC3)nc2)cc(OC)c1. The smallest absolute Gasteiger partial charge is 0.224 e. The Morgan fingerprint density at radius 1 is 1.12 bits per heavy atom. The molecule has 1 aliphatic rings. The number of pyridine rings is 1. The van der Waals surface area contributed by atoms with Crippen molar-refractivity contribution in [3.63, 3.8) is 0 Å². The van der Waals surface area contributed by atoms with E-state index in [1.165, 1.54) is 12.8 Å². The zero-order valence-corrected chi connectivity index (χ0v) is 15.3. The molecule has 0 saturated carbocycles. The van der Waals surface area contributed by atoms with Crippen LogP contribution in [0.4, 0.5) is 11.5 Å². The van der Waals surface area contributed by atoms with Gasteiger partial charge in [-0.15, -0.1) is 0 Å². The molecule has 1 fully saturated rings. The Morgan fingerprint density at radius 3 is 2.38 bits per heavy atom. The Kier molecular flexibility index (Phi) is 5.94. The molecule has 1 aliphatic heterocycles. The van der Waals surface area contributed by atoms with Gasteiger partial charge in [-0.05, 0) is 49.1 Å². The lowest BCUT2D eigenvalue weighted by molar-refractivity contribution is -0.116. The molecule has 0 bridgehead atoms. The molecule has 6 heteroatoms. The van der Waals surface area contributed by atoms with Gasteiger partial charge >= 0.3 is 0 Å². The molecule has 1 aromatic heterocycles. The van der Waals surface area contributed by atoms with Crippen LogP contribution in [0.15, 0.2) is 36.5 Å². The van der Waals surface area contributed by atoms with E-state index in [1.807, 2.05) is 30.3 Å². The third-order valence-electron chi connectivity index (χ3n) is 4.51. The van der Waals surface area contributed by atoms with Crippen LogP contribution in [-0.2, 0) is 11.2 Å². The monoisotopic (exact) mass is 355 g/mol. The van der Waals surface area contributed by atoms with E-state index < -0.39 is 0 Å². The molecule has 1 aromatic carbocycles. The van der Waals surface area contributed by atoms with Gasteiger partial charge in [-0.3, -0.25) is 4.79 Å². The number of carbonyl (C=O) groups is 1. The van der Waals surface area contributed by atoms with Crippen molar-refractivity contribution in [2.75, 3.05) is 37.5 Å². The summed E-state index contributed by atoms with van der Waals surface area (Å²) in [5.41, 5.74) is 1.72. The topological polar surface area (TPSA) is 63.7 Å². The third-order valence-corrected chi connectivity index (χ3v) is 4.51. The van der Waals surface area contributed by atoms with Gasteiger partial charge in [-0.25, -0.2) is 4.98 Å². The first-order valence-corrected chi connectivity index (χ1v) is 8.91. The van der Waals surface area contributed by atoms with Gasteiger partial charge in [0.25, 0.3) is 0 Å². The number of rotatable bonds is 7. The van der Waals surface area contributed by atoms with E-state index in [2.05, 4.69) is 15.2 Å². The summed E-state index contributed by atoms with van der Waals surface area (Å²) in [5.74, 6) is 2.38. The second kappa shape index (κ2) is 8.56. The molecule has 2 heterocycles. The van der Waals surface area contributed by atoms with Crippen molar-refractivity contribution >= 4 is 17.4 Å². The molecule has 0 unspecified atom stereocenters. The summed E-state index contributed by atoms with van der Waals surface area (Å²) in [5, 5.41) is 2.90. The first-order valence-electron chi connectivity index (χ1n) is 8.91. The van der Waals surface area contributed by atoms with Crippen molar-refractivity contribution in [2.45, 2.75) is 25.7 Å². The highest BCUT2D eigenvalue weighted by atomic mass is 16.5. The van der Waals surface area contributed by atoms with Crippen molar-refractivity contribution < 1.29 is 14.3 Å². The van der Waals surface area contributed by atoms with Crippen LogP contribution in [0.2, 0.25) is 0 Å². The van der Waals surface area contributed by atoms with E-state index in [1.54, 1.807) is 20.4 Å². The molecule has 0 aliphatic carbocycles. The van der Waals surface area contributed by atoms with Gasteiger partial charge in [0.05, 0.1) is 26.1 Å². The first kappa shape index (κ1) is 18.0. The van der Waals surface area contributed by atoms with Crippen molar-refractivity contribution in [1.29, 1.82) is 0 Å². The fourth-order valence-corrected chi connectivity index (χ4v) is 3.09. The van der Waals surface area contributed by atoms with Crippen LogP contribution >= 0.6 is 0 Å². The second-order valence-electron chi connectivity index (χ2n) is 6.37. The number of amides is 1. The summed E-state index contributed by atoms with van der Waals surface area (Å²) in [4.78, 5) is 18.9. The van der Waals surface area contributed by atoms with E-state index in [4.69, 9.17) is 9.47 Å². The van der Waals surface area contributed by atoms with Crippen LogP contribution in [0.3, 0.4) is 0 Å². The molecule has 0 atom stereocenters. The first-order chi connectivity index (χ1) is 12.7. The predicted octanol–water partition coefficient (Wildman–Crippen LogP) is 3.27. The van der Waals surface area contributed by atoms with E-state index in [0.29, 0.717) is 12.8 Å². The fourth-order valence-electron chi connectivity index (χ4n) is 3.09. The maximum Gasteiger partial charge on any atom is 0.224 e. The highest BCUT2D eigenvalue weighted by Gasteiger charge is 2.13. The molecule has 2 aromatic rings. The van der Waals surface area contributed by atoms with Gasteiger partial charge in [-0.1, -0.05) is 0 Å². The maximum atomic E-state index is 12.2. The van der Waals surface area contributed by atoms with Gasteiger partial charge in [-0.2, -0.15) is 0 Å². The number of methoxy groups -OCH3 is 2. The predicted molar refractivity (Wildman–Crippen MR) is 102 cm³/mol. The van der Waals surface area contributed by atoms with Crippen LogP contribution in [0.1, 0.15) is 24.8 Å². The second-order valence-corrected chi connectivity index (χ2v) is 6.37. The average Bonchev–Trinajstić information content (AvgIpc) is 3.21. The Labute approximate surface area is 154 Å². The van der Waals surface area contributed by atoms with E-state index in [0.717, 1.165) is 41.7 Å². The normalized spacial score (nSPS) is 13.5. The minimum Gasteiger partial charge on any atom is -0.497 e. The largest absolute Gasteiger partial charge is 0.497 e. The standard InChI is InChI=1S/C20H25N3O3/c1-25-17-11-15(12-18(13-17)26-2)5-8-20(24)22-16-6-7-19(21-14-16)23-9-3-4-10-23/h6-7,11-14H,3-5,8-10H2,1-2H3,(H,22,24). The van der Waals surface area contributed by atoms with E-state index in [-0.39, 0.29) is 5.91 Å². The Morgan fingerprint density at radius 2 is 1.81 bits per heavy atom. The van der Waals surface area contributed by atoms with E-state index >= 15 is 0 Å². The number of carbonyl (C=O) groups excluding carboxylic acids is 1. The number of hydrogen-bond donors (Lipinski definition) is 1. The Balaban J connectivity index is 1.54. The highest BCUT2D eigenvalue weighted by molar-refractivity contribution is 5.90. The lowest BCUT2D eigenvalue weighted by atomic mass is 10.1. The van der Waals surface area contributed by atoms with Crippen molar-refractivity contribution in [2.24, 2.45) is 0 Å². The molecule has 3 rings (SSSR count). The van der Waals surface area contributed by atoms with Gasteiger partial charge in [0.2, 0.25) is 5.91 Å². The average molecular weight is 355 g/mol. The molecule has 1 amide bonds.